The van der Waals surface area contributed by atoms with Gasteiger partial charge in [0.25, 0.3) is 0 Å². The molecule has 1 amide bonds. The summed E-state index contributed by atoms with van der Waals surface area (Å²) in [6, 6.07) is 17.9. The predicted molar refractivity (Wildman–Crippen MR) is 128 cm³/mol. The number of hydrogen-bond acceptors (Lipinski definition) is 4. The van der Waals surface area contributed by atoms with E-state index in [1.165, 1.54) is 18.4 Å². The van der Waals surface area contributed by atoms with Crippen LogP contribution in [-0.2, 0) is 11.2 Å². The number of carbonyl (C=O) groups excluding carboxylic acids is 1. The molecule has 2 aromatic carbocycles. The van der Waals surface area contributed by atoms with Gasteiger partial charge in [0.2, 0.25) is 5.91 Å². The zero-order valence-corrected chi connectivity index (χ0v) is 18.5. The summed E-state index contributed by atoms with van der Waals surface area (Å²) in [4.78, 5) is 21.8. The Balaban J connectivity index is 1.38. The molecule has 0 spiro atoms. The van der Waals surface area contributed by atoms with Gasteiger partial charge in [0.1, 0.15) is 5.75 Å². The van der Waals surface area contributed by atoms with E-state index in [0.29, 0.717) is 0 Å². The molecule has 2 aliphatic heterocycles. The van der Waals surface area contributed by atoms with Gasteiger partial charge in [0, 0.05) is 42.5 Å². The predicted octanol–water partition coefficient (Wildman–Crippen LogP) is 4.88. The van der Waals surface area contributed by atoms with Gasteiger partial charge in [-0.3, -0.25) is 9.78 Å². The Morgan fingerprint density at radius 3 is 2.41 bits per heavy atom. The summed E-state index contributed by atoms with van der Waals surface area (Å²) in [7, 11) is 0. The Hall–Kier alpha value is -3.18. The number of anilines is 1. The van der Waals surface area contributed by atoms with E-state index in [2.05, 4.69) is 34.1 Å². The van der Waals surface area contributed by atoms with Gasteiger partial charge >= 0.3 is 0 Å². The fourth-order valence-corrected chi connectivity index (χ4v) is 5.08. The second-order valence-corrected chi connectivity index (χ2v) is 8.91. The first-order chi connectivity index (χ1) is 15.6. The number of aromatic nitrogens is 1. The lowest BCUT2D eigenvalue weighted by Crippen LogP contribution is -2.48. The molecule has 3 aromatic rings. The third-order valence-corrected chi connectivity index (χ3v) is 6.72. The zero-order chi connectivity index (χ0) is 22.1. The molecule has 1 fully saturated rings. The maximum absolute atomic E-state index is 12.6. The zero-order valence-electron chi connectivity index (χ0n) is 18.5. The van der Waals surface area contributed by atoms with Gasteiger partial charge in [0.05, 0.1) is 5.69 Å². The quantitative estimate of drug-likeness (QED) is 0.644. The summed E-state index contributed by atoms with van der Waals surface area (Å²) in [5, 5.41) is 9.49. The highest BCUT2D eigenvalue weighted by Gasteiger charge is 2.31. The number of pyridine rings is 1. The summed E-state index contributed by atoms with van der Waals surface area (Å²) in [5.74, 6) is 0.383. The first-order valence-corrected chi connectivity index (χ1v) is 11.5. The van der Waals surface area contributed by atoms with Crippen LogP contribution in [0.4, 0.5) is 5.69 Å². The molecule has 1 saturated heterocycles. The molecule has 5 heteroatoms. The van der Waals surface area contributed by atoms with E-state index in [1.807, 2.05) is 29.3 Å². The monoisotopic (exact) mass is 427 g/mol. The second kappa shape index (κ2) is 8.75. The van der Waals surface area contributed by atoms with Crippen molar-refractivity contribution < 1.29 is 9.90 Å². The summed E-state index contributed by atoms with van der Waals surface area (Å²) in [6.07, 6.45) is 6.39. The Kier molecular flexibility index (Phi) is 5.66. The number of aromatic hydroxyl groups is 1. The highest BCUT2D eigenvalue weighted by Crippen LogP contribution is 2.35. The van der Waals surface area contributed by atoms with Crippen molar-refractivity contribution in [3.8, 4) is 28.1 Å². The molecule has 0 bridgehead atoms. The molecule has 5 rings (SSSR count). The minimum absolute atomic E-state index is 0.124. The number of fused-ring (bicyclic) bond motifs is 1. The van der Waals surface area contributed by atoms with Crippen molar-refractivity contribution in [1.82, 2.24) is 9.88 Å². The summed E-state index contributed by atoms with van der Waals surface area (Å²) in [5.41, 5.74) is 6.30. The van der Waals surface area contributed by atoms with Crippen molar-refractivity contribution in [3.63, 3.8) is 0 Å². The number of amides is 1. The number of benzene rings is 2. The number of hydrogen-bond donors (Lipinski definition) is 1. The van der Waals surface area contributed by atoms with Crippen LogP contribution >= 0.6 is 0 Å². The first kappa shape index (κ1) is 20.7. The minimum Gasteiger partial charge on any atom is -0.508 e. The molecular formula is C27H29N3O2. The number of rotatable bonds is 4. The number of aryl methyl sites for hydroxylation is 1. The van der Waals surface area contributed by atoms with Gasteiger partial charge in [-0.15, -0.1) is 0 Å². The lowest BCUT2D eigenvalue weighted by atomic mass is 9.93. The number of phenols is 1. The van der Waals surface area contributed by atoms with Crippen molar-refractivity contribution in [2.75, 3.05) is 24.5 Å². The molecule has 164 valence electrons. The Labute approximate surface area is 189 Å². The largest absolute Gasteiger partial charge is 0.508 e. The lowest BCUT2D eigenvalue weighted by Gasteiger charge is -2.38. The molecule has 0 aliphatic carbocycles. The molecule has 2 aliphatic rings. The van der Waals surface area contributed by atoms with Crippen LogP contribution in [0.3, 0.4) is 0 Å². The summed E-state index contributed by atoms with van der Waals surface area (Å²) >= 11 is 0. The molecule has 1 atom stereocenters. The normalized spacial score (nSPS) is 18.5. The van der Waals surface area contributed by atoms with Gasteiger partial charge < -0.3 is 14.9 Å². The average Bonchev–Trinajstić information content (AvgIpc) is 3.32. The fraction of sp³-hybridized carbons (Fsp3) is 0.333. The molecule has 0 radical (unpaired) electrons. The van der Waals surface area contributed by atoms with E-state index >= 15 is 0 Å². The van der Waals surface area contributed by atoms with Gasteiger partial charge in [0.15, 0.2) is 0 Å². The molecule has 32 heavy (non-hydrogen) atoms. The number of nitrogens with zero attached hydrogens (tertiary/aromatic N) is 3. The van der Waals surface area contributed by atoms with E-state index in [4.69, 9.17) is 0 Å². The minimum atomic E-state index is 0.124. The van der Waals surface area contributed by atoms with E-state index < -0.39 is 0 Å². The Morgan fingerprint density at radius 1 is 1.00 bits per heavy atom. The van der Waals surface area contributed by atoms with E-state index in [1.54, 1.807) is 19.1 Å². The van der Waals surface area contributed by atoms with Crippen LogP contribution in [0.1, 0.15) is 31.7 Å². The molecule has 1 N–H and O–H groups in total. The number of carbonyl (C=O) groups is 1. The van der Waals surface area contributed by atoms with Crippen molar-refractivity contribution in [2.45, 2.75) is 38.6 Å². The maximum Gasteiger partial charge on any atom is 0.224 e. The van der Waals surface area contributed by atoms with Crippen molar-refractivity contribution in [3.05, 3.63) is 66.4 Å². The highest BCUT2D eigenvalue weighted by atomic mass is 16.3. The van der Waals surface area contributed by atoms with Gasteiger partial charge in [-0.2, -0.15) is 0 Å². The molecular weight excluding hydrogens is 398 g/mol. The van der Waals surface area contributed by atoms with E-state index in [-0.39, 0.29) is 17.7 Å². The Morgan fingerprint density at radius 2 is 1.72 bits per heavy atom. The Bertz CT molecular complexity index is 1100. The topological polar surface area (TPSA) is 56.7 Å². The average molecular weight is 428 g/mol. The number of phenolic OH excluding ortho intramolecular Hbond substituents is 1. The molecule has 1 unspecified atom stereocenters. The van der Waals surface area contributed by atoms with E-state index in [0.717, 1.165) is 60.5 Å². The van der Waals surface area contributed by atoms with Crippen LogP contribution < -0.4 is 4.90 Å². The third kappa shape index (κ3) is 4.13. The third-order valence-electron chi connectivity index (χ3n) is 6.72. The summed E-state index contributed by atoms with van der Waals surface area (Å²) in [6.45, 7) is 4.96. The molecule has 3 heterocycles. The summed E-state index contributed by atoms with van der Waals surface area (Å²) < 4.78 is 0. The van der Waals surface area contributed by atoms with Crippen molar-refractivity contribution >= 4 is 11.6 Å². The lowest BCUT2D eigenvalue weighted by molar-refractivity contribution is -0.117. The van der Waals surface area contributed by atoms with Crippen LogP contribution in [0.2, 0.25) is 0 Å². The van der Waals surface area contributed by atoms with Crippen LogP contribution in [0.25, 0.3) is 22.4 Å². The highest BCUT2D eigenvalue weighted by molar-refractivity contribution is 5.94. The van der Waals surface area contributed by atoms with Crippen LogP contribution in [0.5, 0.6) is 5.75 Å². The maximum atomic E-state index is 12.6. The van der Waals surface area contributed by atoms with Crippen molar-refractivity contribution in [2.24, 2.45) is 0 Å². The van der Waals surface area contributed by atoms with E-state index in [9.17, 15) is 9.90 Å². The molecule has 1 aromatic heterocycles. The second-order valence-electron chi connectivity index (χ2n) is 8.91. The van der Waals surface area contributed by atoms with Gasteiger partial charge in [-0.05, 0) is 80.2 Å². The van der Waals surface area contributed by atoms with Crippen molar-refractivity contribution in [1.29, 1.82) is 0 Å². The molecule has 0 saturated carbocycles. The number of likely N-dealkylation sites (tertiary alicyclic amines) is 1. The molecule has 5 nitrogen and oxygen atoms in total. The van der Waals surface area contributed by atoms with Crippen LogP contribution in [-0.4, -0.2) is 46.6 Å². The standard InChI is InChI=1S/C27H29N3O2/c1-19(31)30-24(18-29-14-2-3-15-29)9-4-22-16-21(8-13-27(22)30)26-12-7-23(17-28-26)20-5-10-25(32)11-6-20/h5-8,10-13,16-17,24,32H,2-4,9,14-15,18H2,1H3. The smallest absolute Gasteiger partial charge is 0.224 e. The SMILES string of the molecule is CC(=O)N1c2ccc(-c3ccc(-c4ccc(O)cc4)cn3)cc2CCC1CN1CCCC1. The fourth-order valence-electron chi connectivity index (χ4n) is 5.08. The van der Waals surface area contributed by atoms with Crippen LogP contribution in [0, 0.1) is 0 Å². The van der Waals surface area contributed by atoms with Crippen LogP contribution in [0.15, 0.2) is 60.8 Å². The first-order valence-electron chi connectivity index (χ1n) is 11.5. The van der Waals surface area contributed by atoms with Gasteiger partial charge in [-0.1, -0.05) is 24.3 Å². The van der Waals surface area contributed by atoms with Gasteiger partial charge in [-0.25, -0.2) is 0 Å².